The van der Waals surface area contributed by atoms with Crippen molar-refractivity contribution in [3.63, 3.8) is 0 Å². The number of hydrogen-bond donors (Lipinski definition) is 0. The predicted octanol–water partition coefficient (Wildman–Crippen LogP) is 2.93. The summed E-state index contributed by atoms with van der Waals surface area (Å²) in [6.45, 7) is 1.79. The van der Waals surface area contributed by atoms with E-state index in [0.717, 1.165) is 0 Å². The molecule has 0 bridgehead atoms. The van der Waals surface area contributed by atoms with Crippen LogP contribution in [0.4, 0.5) is 0 Å². The second-order valence-electron chi connectivity index (χ2n) is 4.27. The molecule has 0 saturated heterocycles. The monoisotopic (exact) mass is 310 g/mol. The fourth-order valence-corrected chi connectivity index (χ4v) is 2.07. The molecule has 2 aromatic rings. The maximum absolute atomic E-state index is 11.4. The highest BCUT2D eigenvalue weighted by Gasteiger charge is 2.16. The first-order valence-corrected chi connectivity index (χ1v) is 6.73. The van der Waals surface area contributed by atoms with Gasteiger partial charge >= 0.3 is 0 Å². The molecule has 0 aliphatic heterocycles. The molecule has 0 aliphatic carbocycles. The van der Waals surface area contributed by atoms with Crippen LogP contribution in [-0.2, 0) is 11.2 Å². The van der Waals surface area contributed by atoms with E-state index in [2.05, 4.69) is 10.1 Å². The summed E-state index contributed by atoms with van der Waals surface area (Å²) in [6, 6.07) is 3.35. The Morgan fingerprint density at radius 2 is 2.10 bits per heavy atom. The van der Waals surface area contributed by atoms with E-state index < -0.39 is 0 Å². The van der Waals surface area contributed by atoms with E-state index in [9.17, 15) is 4.79 Å². The molecule has 7 heteroatoms. The number of benzene rings is 1. The summed E-state index contributed by atoms with van der Waals surface area (Å²) in [4.78, 5) is 15.6. The Morgan fingerprint density at radius 1 is 1.33 bits per heavy atom. The van der Waals surface area contributed by atoms with Crippen molar-refractivity contribution < 1.29 is 18.8 Å². The molecule has 2 rings (SSSR count). The van der Waals surface area contributed by atoms with Crippen LogP contribution in [0.2, 0.25) is 5.02 Å². The molecule has 1 heterocycles. The Kier molecular flexibility index (Phi) is 4.80. The van der Waals surface area contributed by atoms with Crippen molar-refractivity contribution in [3.05, 3.63) is 23.0 Å². The molecule has 0 aliphatic rings. The van der Waals surface area contributed by atoms with Crippen LogP contribution in [0.25, 0.3) is 11.4 Å². The first kappa shape index (κ1) is 15.3. The van der Waals surface area contributed by atoms with E-state index >= 15 is 0 Å². The van der Waals surface area contributed by atoms with Crippen molar-refractivity contribution >= 4 is 17.4 Å². The summed E-state index contributed by atoms with van der Waals surface area (Å²) < 4.78 is 15.4. The molecule has 1 aromatic heterocycles. The van der Waals surface area contributed by atoms with E-state index in [-0.39, 0.29) is 18.1 Å². The van der Waals surface area contributed by atoms with Crippen LogP contribution in [0.3, 0.4) is 0 Å². The molecule has 1 aromatic carbocycles. The Morgan fingerprint density at radius 3 is 2.71 bits per heavy atom. The van der Waals surface area contributed by atoms with Gasteiger partial charge in [0.05, 0.1) is 25.7 Å². The number of carbonyl (C=O) groups is 1. The Balaban J connectivity index is 2.34. The molecular weight excluding hydrogens is 296 g/mol. The number of methoxy groups -OCH3 is 2. The third kappa shape index (κ3) is 3.33. The summed E-state index contributed by atoms with van der Waals surface area (Å²) in [5.74, 6) is 1.57. The van der Waals surface area contributed by atoms with Gasteiger partial charge in [-0.25, -0.2) is 0 Å². The minimum absolute atomic E-state index is 0.0375. The van der Waals surface area contributed by atoms with Crippen LogP contribution in [0.1, 0.15) is 19.2 Å². The summed E-state index contributed by atoms with van der Waals surface area (Å²) in [5.41, 5.74) is 0.622. The van der Waals surface area contributed by atoms with Gasteiger partial charge in [0, 0.05) is 12.0 Å². The van der Waals surface area contributed by atoms with Crippen LogP contribution < -0.4 is 9.47 Å². The zero-order valence-corrected chi connectivity index (χ0v) is 12.7. The number of carbonyl (C=O) groups excluding carboxylic acids is 1. The van der Waals surface area contributed by atoms with Crippen molar-refractivity contribution in [1.29, 1.82) is 0 Å². The second kappa shape index (κ2) is 6.58. The quantitative estimate of drug-likeness (QED) is 0.816. The summed E-state index contributed by atoms with van der Waals surface area (Å²) in [7, 11) is 3.02. The number of hydrogen-bond acceptors (Lipinski definition) is 6. The number of halogens is 1. The SMILES string of the molecule is CCC(=O)Cc1nc(-c2cc(Cl)c(OC)c(OC)c2)no1. The van der Waals surface area contributed by atoms with Gasteiger partial charge in [-0.1, -0.05) is 23.7 Å². The van der Waals surface area contributed by atoms with Gasteiger partial charge in [0.2, 0.25) is 11.7 Å². The zero-order valence-electron chi connectivity index (χ0n) is 12.0. The van der Waals surface area contributed by atoms with Gasteiger partial charge in [-0.2, -0.15) is 4.98 Å². The molecule has 112 valence electrons. The lowest BCUT2D eigenvalue weighted by Gasteiger charge is -2.10. The number of ketones is 1. The molecule has 0 unspecified atom stereocenters. The number of Topliss-reactive ketones (excluding diaryl/α,β-unsaturated/α-hetero) is 1. The number of rotatable bonds is 6. The molecular formula is C14H15ClN2O4. The van der Waals surface area contributed by atoms with Crippen molar-refractivity contribution in [2.45, 2.75) is 19.8 Å². The van der Waals surface area contributed by atoms with Crippen molar-refractivity contribution in [3.8, 4) is 22.9 Å². The first-order valence-electron chi connectivity index (χ1n) is 6.35. The van der Waals surface area contributed by atoms with Crippen molar-refractivity contribution in [1.82, 2.24) is 10.1 Å². The van der Waals surface area contributed by atoms with Crippen molar-refractivity contribution in [2.75, 3.05) is 14.2 Å². The lowest BCUT2D eigenvalue weighted by molar-refractivity contribution is -0.118. The van der Waals surface area contributed by atoms with E-state index in [1.54, 1.807) is 19.1 Å². The molecule has 0 amide bonds. The maximum atomic E-state index is 11.4. The first-order chi connectivity index (χ1) is 10.1. The lowest BCUT2D eigenvalue weighted by Crippen LogP contribution is -2.00. The third-order valence-corrected chi connectivity index (χ3v) is 3.18. The largest absolute Gasteiger partial charge is 0.493 e. The van der Waals surface area contributed by atoms with E-state index in [0.29, 0.717) is 34.3 Å². The van der Waals surface area contributed by atoms with Crippen LogP contribution in [-0.4, -0.2) is 30.1 Å². The lowest BCUT2D eigenvalue weighted by atomic mass is 10.2. The van der Waals surface area contributed by atoms with Crippen LogP contribution in [0.15, 0.2) is 16.7 Å². The van der Waals surface area contributed by atoms with Crippen LogP contribution >= 0.6 is 11.6 Å². The van der Waals surface area contributed by atoms with Gasteiger partial charge in [0.15, 0.2) is 11.5 Å². The smallest absolute Gasteiger partial charge is 0.234 e. The minimum atomic E-state index is 0.0375. The molecule has 21 heavy (non-hydrogen) atoms. The fraction of sp³-hybridized carbons (Fsp3) is 0.357. The van der Waals surface area contributed by atoms with Gasteiger partial charge in [-0.15, -0.1) is 0 Å². The van der Waals surface area contributed by atoms with Gasteiger partial charge in [0.1, 0.15) is 5.78 Å². The predicted molar refractivity (Wildman–Crippen MR) is 76.9 cm³/mol. The highest BCUT2D eigenvalue weighted by Crippen LogP contribution is 2.38. The average molecular weight is 311 g/mol. The Labute approximate surface area is 127 Å². The highest BCUT2D eigenvalue weighted by molar-refractivity contribution is 6.32. The maximum Gasteiger partial charge on any atom is 0.234 e. The average Bonchev–Trinajstić information content (AvgIpc) is 2.94. The molecule has 0 radical (unpaired) electrons. The Bertz CT molecular complexity index is 654. The summed E-state index contributed by atoms with van der Waals surface area (Å²) in [6.07, 6.45) is 0.560. The van der Waals surface area contributed by atoms with E-state index in [1.807, 2.05) is 0 Å². The standard InChI is InChI=1S/C14H15ClN2O4/c1-4-9(18)7-12-16-14(17-21-12)8-5-10(15)13(20-3)11(6-8)19-2/h5-6H,4,7H2,1-3H3. The summed E-state index contributed by atoms with van der Waals surface area (Å²) >= 11 is 6.13. The Hall–Kier alpha value is -2.08. The fourth-order valence-electron chi connectivity index (χ4n) is 1.78. The number of aromatic nitrogens is 2. The highest BCUT2D eigenvalue weighted by atomic mass is 35.5. The summed E-state index contributed by atoms with van der Waals surface area (Å²) in [5, 5.41) is 4.23. The molecule has 0 N–H and O–H groups in total. The van der Waals surface area contributed by atoms with Crippen molar-refractivity contribution in [2.24, 2.45) is 0 Å². The number of ether oxygens (including phenoxy) is 2. The topological polar surface area (TPSA) is 74.5 Å². The van der Waals surface area contributed by atoms with Crippen LogP contribution in [0.5, 0.6) is 11.5 Å². The molecule has 0 atom stereocenters. The molecule has 0 saturated carbocycles. The van der Waals surface area contributed by atoms with Gasteiger partial charge in [-0.3, -0.25) is 4.79 Å². The van der Waals surface area contributed by atoms with Gasteiger partial charge in [-0.05, 0) is 12.1 Å². The van der Waals surface area contributed by atoms with E-state index in [4.69, 9.17) is 25.6 Å². The third-order valence-electron chi connectivity index (χ3n) is 2.90. The van der Waals surface area contributed by atoms with E-state index in [1.165, 1.54) is 14.2 Å². The second-order valence-corrected chi connectivity index (χ2v) is 4.68. The van der Waals surface area contributed by atoms with Crippen LogP contribution in [0, 0.1) is 0 Å². The normalized spacial score (nSPS) is 10.5. The molecule has 6 nitrogen and oxygen atoms in total. The number of nitrogens with zero attached hydrogens (tertiary/aromatic N) is 2. The zero-order chi connectivity index (χ0) is 15.4. The van der Waals surface area contributed by atoms with Gasteiger partial charge in [0.25, 0.3) is 0 Å². The van der Waals surface area contributed by atoms with Gasteiger partial charge < -0.3 is 14.0 Å². The molecule has 0 fully saturated rings. The minimum Gasteiger partial charge on any atom is -0.493 e. The molecule has 0 spiro atoms.